The molecule has 2 unspecified atom stereocenters. The third kappa shape index (κ3) is 2.68. The number of ether oxygens (including phenoxy) is 1. The fourth-order valence-electron chi connectivity index (χ4n) is 2.58. The number of hydrogen-bond donors (Lipinski definition) is 1. The van der Waals surface area contributed by atoms with Crippen LogP contribution in [0.15, 0.2) is 48.5 Å². The van der Waals surface area contributed by atoms with Crippen LogP contribution in [0.4, 0.5) is 4.39 Å². The number of methoxy groups -OCH3 is 1. The molecule has 20 heavy (non-hydrogen) atoms. The maximum atomic E-state index is 14.0. The van der Waals surface area contributed by atoms with Crippen molar-refractivity contribution in [3.8, 4) is 5.75 Å². The Balaban J connectivity index is 1.59. The van der Waals surface area contributed by atoms with E-state index < -0.39 is 0 Å². The van der Waals surface area contributed by atoms with Gasteiger partial charge in [0, 0.05) is 24.1 Å². The Morgan fingerprint density at radius 2 is 1.95 bits per heavy atom. The van der Waals surface area contributed by atoms with E-state index in [0.29, 0.717) is 29.8 Å². The summed E-state index contributed by atoms with van der Waals surface area (Å²) >= 11 is 0. The van der Waals surface area contributed by atoms with Crippen LogP contribution >= 0.6 is 0 Å². The van der Waals surface area contributed by atoms with Gasteiger partial charge in [-0.1, -0.05) is 42.5 Å². The predicted octanol–water partition coefficient (Wildman–Crippen LogP) is 3.48. The SMILES string of the molecule is COc1cccc(CNC2CC2c2ccccc2)c1F. The van der Waals surface area contributed by atoms with Gasteiger partial charge in [-0.2, -0.15) is 0 Å². The third-order valence-electron chi connectivity index (χ3n) is 3.84. The van der Waals surface area contributed by atoms with Crippen LogP contribution in [0, 0.1) is 5.82 Å². The Labute approximate surface area is 118 Å². The van der Waals surface area contributed by atoms with Crippen molar-refractivity contribution in [3.05, 3.63) is 65.5 Å². The van der Waals surface area contributed by atoms with Crippen LogP contribution in [0.25, 0.3) is 0 Å². The molecule has 0 bridgehead atoms. The van der Waals surface area contributed by atoms with Crippen LogP contribution in [0.5, 0.6) is 5.75 Å². The molecule has 0 aliphatic heterocycles. The molecule has 2 atom stereocenters. The zero-order chi connectivity index (χ0) is 13.9. The molecule has 2 aromatic rings. The monoisotopic (exact) mass is 271 g/mol. The lowest BCUT2D eigenvalue weighted by Crippen LogP contribution is -2.18. The van der Waals surface area contributed by atoms with Gasteiger partial charge in [0.05, 0.1) is 7.11 Å². The number of benzene rings is 2. The Morgan fingerprint density at radius 3 is 2.70 bits per heavy atom. The lowest BCUT2D eigenvalue weighted by molar-refractivity contribution is 0.383. The van der Waals surface area contributed by atoms with Gasteiger partial charge in [-0.15, -0.1) is 0 Å². The number of nitrogens with one attached hydrogen (secondary N) is 1. The van der Waals surface area contributed by atoms with Gasteiger partial charge in [0.2, 0.25) is 0 Å². The van der Waals surface area contributed by atoms with Crippen molar-refractivity contribution < 1.29 is 9.13 Å². The molecule has 1 fully saturated rings. The quantitative estimate of drug-likeness (QED) is 0.899. The van der Waals surface area contributed by atoms with E-state index in [-0.39, 0.29) is 5.82 Å². The third-order valence-corrected chi connectivity index (χ3v) is 3.84. The lowest BCUT2D eigenvalue weighted by atomic mass is 10.1. The molecule has 0 spiro atoms. The van der Waals surface area contributed by atoms with Crippen molar-refractivity contribution >= 4 is 0 Å². The first-order valence-corrected chi connectivity index (χ1v) is 6.89. The zero-order valence-electron chi connectivity index (χ0n) is 11.5. The minimum Gasteiger partial charge on any atom is -0.494 e. The summed E-state index contributed by atoms with van der Waals surface area (Å²) in [6.45, 7) is 0.539. The zero-order valence-corrected chi connectivity index (χ0v) is 11.5. The van der Waals surface area contributed by atoms with E-state index in [1.54, 1.807) is 12.1 Å². The van der Waals surface area contributed by atoms with Crippen molar-refractivity contribution in [2.24, 2.45) is 0 Å². The van der Waals surface area contributed by atoms with E-state index in [2.05, 4.69) is 29.6 Å². The summed E-state index contributed by atoms with van der Waals surface area (Å²) in [7, 11) is 1.49. The highest BCUT2D eigenvalue weighted by Gasteiger charge is 2.37. The maximum Gasteiger partial charge on any atom is 0.169 e. The summed E-state index contributed by atoms with van der Waals surface area (Å²) in [6, 6.07) is 16.2. The molecule has 1 aliphatic carbocycles. The fourth-order valence-corrected chi connectivity index (χ4v) is 2.58. The molecule has 0 radical (unpaired) electrons. The first kappa shape index (κ1) is 13.1. The molecule has 2 nitrogen and oxygen atoms in total. The van der Waals surface area contributed by atoms with Crippen molar-refractivity contribution in [1.29, 1.82) is 0 Å². The average Bonchev–Trinajstić information content (AvgIpc) is 3.27. The fraction of sp³-hybridized carbons (Fsp3) is 0.294. The number of hydrogen-bond acceptors (Lipinski definition) is 2. The maximum absolute atomic E-state index is 14.0. The highest BCUT2D eigenvalue weighted by Crippen LogP contribution is 2.40. The first-order valence-electron chi connectivity index (χ1n) is 6.89. The molecule has 0 aromatic heterocycles. The van der Waals surface area contributed by atoms with E-state index >= 15 is 0 Å². The highest BCUT2D eigenvalue weighted by molar-refractivity contribution is 5.32. The largest absolute Gasteiger partial charge is 0.494 e. The molecule has 0 saturated heterocycles. The molecule has 0 heterocycles. The summed E-state index contributed by atoms with van der Waals surface area (Å²) in [5, 5.41) is 3.42. The van der Waals surface area contributed by atoms with Crippen LogP contribution in [-0.2, 0) is 6.54 Å². The predicted molar refractivity (Wildman–Crippen MR) is 77.4 cm³/mol. The van der Waals surface area contributed by atoms with Crippen LogP contribution in [0.1, 0.15) is 23.5 Å². The van der Waals surface area contributed by atoms with Crippen LogP contribution in [0.3, 0.4) is 0 Å². The molecule has 0 amide bonds. The Morgan fingerprint density at radius 1 is 1.15 bits per heavy atom. The van der Waals surface area contributed by atoms with Crippen molar-refractivity contribution in [2.45, 2.75) is 24.9 Å². The van der Waals surface area contributed by atoms with Crippen molar-refractivity contribution in [2.75, 3.05) is 7.11 Å². The normalized spacial score (nSPS) is 20.7. The first-order chi connectivity index (χ1) is 9.79. The smallest absolute Gasteiger partial charge is 0.169 e. The summed E-state index contributed by atoms with van der Waals surface area (Å²) in [6.07, 6.45) is 1.12. The Kier molecular flexibility index (Phi) is 3.70. The van der Waals surface area contributed by atoms with E-state index in [4.69, 9.17) is 4.74 Å². The van der Waals surface area contributed by atoms with Gasteiger partial charge < -0.3 is 10.1 Å². The topological polar surface area (TPSA) is 21.3 Å². The van der Waals surface area contributed by atoms with Crippen molar-refractivity contribution in [1.82, 2.24) is 5.32 Å². The van der Waals surface area contributed by atoms with E-state index in [1.165, 1.54) is 12.7 Å². The molecule has 1 aliphatic rings. The van der Waals surface area contributed by atoms with Crippen molar-refractivity contribution in [3.63, 3.8) is 0 Å². The summed E-state index contributed by atoms with van der Waals surface area (Å²) in [5.74, 6) is 0.601. The number of halogens is 1. The number of rotatable bonds is 5. The average molecular weight is 271 g/mol. The molecule has 1 N–H and O–H groups in total. The second kappa shape index (κ2) is 5.63. The lowest BCUT2D eigenvalue weighted by Gasteiger charge is -2.08. The minimum atomic E-state index is -0.264. The van der Waals surface area contributed by atoms with Gasteiger partial charge in [-0.05, 0) is 18.1 Å². The van der Waals surface area contributed by atoms with Gasteiger partial charge in [-0.3, -0.25) is 0 Å². The molecular formula is C17H18FNO. The second-order valence-corrected chi connectivity index (χ2v) is 5.17. The van der Waals surface area contributed by atoms with Gasteiger partial charge in [0.1, 0.15) is 0 Å². The minimum absolute atomic E-state index is 0.264. The molecule has 1 saturated carbocycles. The molecule has 3 heteroatoms. The van der Waals surface area contributed by atoms with E-state index in [0.717, 1.165) is 6.42 Å². The molecule has 104 valence electrons. The van der Waals surface area contributed by atoms with Gasteiger partial charge in [0.25, 0.3) is 0 Å². The van der Waals surface area contributed by atoms with Crippen LogP contribution in [-0.4, -0.2) is 13.2 Å². The van der Waals surface area contributed by atoms with E-state index in [1.807, 2.05) is 12.1 Å². The van der Waals surface area contributed by atoms with Crippen LogP contribution in [0.2, 0.25) is 0 Å². The molecule has 3 rings (SSSR count). The summed E-state index contributed by atoms with van der Waals surface area (Å²) in [5.41, 5.74) is 2.01. The molecule has 2 aromatic carbocycles. The van der Waals surface area contributed by atoms with Crippen LogP contribution < -0.4 is 10.1 Å². The van der Waals surface area contributed by atoms with Gasteiger partial charge >= 0.3 is 0 Å². The van der Waals surface area contributed by atoms with E-state index in [9.17, 15) is 4.39 Å². The summed E-state index contributed by atoms with van der Waals surface area (Å²) < 4.78 is 19.0. The highest BCUT2D eigenvalue weighted by atomic mass is 19.1. The van der Waals surface area contributed by atoms with Gasteiger partial charge in [0.15, 0.2) is 11.6 Å². The molecular weight excluding hydrogens is 253 g/mol. The van der Waals surface area contributed by atoms with Gasteiger partial charge in [-0.25, -0.2) is 4.39 Å². The summed E-state index contributed by atoms with van der Waals surface area (Å²) in [4.78, 5) is 0. The standard InChI is InChI=1S/C17H18FNO/c1-20-16-9-5-8-13(17(16)18)11-19-15-10-14(15)12-6-3-2-4-7-12/h2-9,14-15,19H,10-11H2,1H3. The Bertz CT molecular complexity index is 585. The second-order valence-electron chi connectivity index (χ2n) is 5.17. The Hall–Kier alpha value is -1.87.